The Hall–Kier alpha value is -1.79. The van der Waals surface area contributed by atoms with Crippen LogP contribution in [0.2, 0.25) is 0 Å². The minimum atomic E-state index is -0.378. The molecule has 2 rings (SSSR count). The van der Waals surface area contributed by atoms with Crippen LogP contribution in [0.25, 0.3) is 0 Å². The second-order valence-corrected chi connectivity index (χ2v) is 5.54. The quantitative estimate of drug-likeness (QED) is 0.655. The normalized spacial score (nSPS) is 12.3. The summed E-state index contributed by atoms with van der Waals surface area (Å²) in [5.74, 6) is 0. The molecule has 1 aromatic carbocycles. The van der Waals surface area contributed by atoms with Crippen LogP contribution >= 0.6 is 11.3 Å². The number of nitro groups is 1. The summed E-state index contributed by atoms with van der Waals surface area (Å²) in [6.45, 7) is 4.97. The van der Waals surface area contributed by atoms with Gasteiger partial charge in [0, 0.05) is 23.1 Å². The molecule has 0 fully saturated rings. The van der Waals surface area contributed by atoms with Crippen LogP contribution in [0, 0.1) is 17.0 Å². The van der Waals surface area contributed by atoms with Crippen molar-refractivity contribution in [2.45, 2.75) is 26.3 Å². The van der Waals surface area contributed by atoms with E-state index in [0.717, 1.165) is 24.2 Å². The van der Waals surface area contributed by atoms with Crippen LogP contribution in [0.15, 0.2) is 29.8 Å². The van der Waals surface area contributed by atoms with E-state index < -0.39 is 0 Å². The Labute approximate surface area is 121 Å². The largest absolute Gasteiger partial charge is 0.309 e. The molecule has 6 heteroatoms. The van der Waals surface area contributed by atoms with Gasteiger partial charge in [-0.25, -0.2) is 4.98 Å². The van der Waals surface area contributed by atoms with Gasteiger partial charge < -0.3 is 5.32 Å². The summed E-state index contributed by atoms with van der Waals surface area (Å²) in [5, 5.41) is 14.0. The van der Waals surface area contributed by atoms with Crippen molar-refractivity contribution in [3.63, 3.8) is 0 Å². The fourth-order valence-electron chi connectivity index (χ4n) is 2.04. The van der Waals surface area contributed by atoms with Crippen molar-refractivity contribution < 1.29 is 4.92 Å². The topological polar surface area (TPSA) is 68.1 Å². The number of hydrogen-bond acceptors (Lipinski definition) is 5. The van der Waals surface area contributed by atoms with Gasteiger partial charge in [0.15, 0.2) is 0 Å². The molecule has 20 heavy (non-hydrogen) atoms. The maximum absolute atomic E-state index is 10.6. The molecular weight excluding hydrogens is 274 g/mol. The average Bonchev–Trinajstić information content (AvgIpc) is 2.85. The molecule has 0 aliphatic carbocycles. The van der Waals surface area contributed by atoms with Crippen molar-refractivity contribution in [2.75, 3.05) is 6.54 Å². The van der Waals surface area contributed by atoms with Crippen molar-refractivity contribution >= 4 is 17.0 Å². The highest BCUT2D eigenvalue weighted by molar-refractivity contribution is 7.09. The highest BCUT2D eigenvalue weighted by atomic mass is 32.1. The lowest BCUT2D eigenvalue weighted by atomic mass is 10.1. The second-order valence-electron chi connectivity index (χ2n) is 4.65. The van der Waals surface area contributed by atoms with Gasteiger partial charge in [-0.3, -0.25) is 10.1 Å². The maximum atomic E-state index is 10.6. The molecule has 1 atom stereocenters. The number of benzene rings is 1. The molecule has 0 aliphatic rings. The molecule has 1 unspecified atom stereocenters. The summed E-state index contributed by atoms with van der Waals surface area (Å²) >= 11 is 1.66. The third kappa shape index (κ3) is 3.61. The van der Waals surface area contributed by atoms with Crippen molar-refractivity contribution in [3.05, 3.63) is 56.0 Å². The lowest BCUT2D eigenvalue weighted by Crippen LogP contribution is -2.21. The number of thiazole rings is 1. The summed E-state index contributed by atoms with van der Waals surface area (Å²) in [6.07, 6.45) is 0.847. The maximum Gasteiger partial charge on any atom is 0.269 e. The number of nitro benzene ring substituents is 1. The Morgan fingerprint density at radius 2 is 2.10 bits per heavy atom. The van der Waals surface area contributed by atoms with E-state index in [2.05, 4.69) is 17.2 Å². The van der Waals surface area contributed by atoms with E-state index in [1.165, 1.54) is 4.88 Å². The Morgan fingerprint density at radius 1 is 1.40 bits per heavy atom. The van der Waals surface area contributed by atoms with E-state index in [1.54, 1.807) is 23.5 Å². The van der Waals surface area contributed by atoms with Crippen molar-refractivity contribution in [2.24, 2.45) is 0 Å². The van der Waals surface area contributed by atoms with E-state index >= 15 is 0 Å². The van der Waals surface area contributed by atoms with Gasteiger partial charge in [0.1, 0.15) is 0 Å². The molecule has 5 nitrogen and oxygen atoms in total. The Bertz CT molecular complexity index is 580. The van der Waals surface area contributed by atoms with Gasteiger partial charge in [-0.2, -0.15) is 0 Å². The molecule has 1 heterocycles. The molecule has 1 aromatic heterocycles. The fraction of sp³-hybridized carbons (Fsp3) is 0.357. The van der Waals surface area contributed by atoms with E-state index in [-0.39, 0.29) is 16.7 Å². The second kappa shape index (κ2) is 6.58. The molecule has 0 aliphatic heterocycles. The van der Waals surface area contributed by atoms with E-state index in [4.69, 9.17) is 0 Å². The number of nitrogens with zero attached hydrogens (tertiary/aromatic N) is 2. The number of hydrogen-bond donors (Lipinski definition) is 1. The molecule has 0 radical (unpaired) electrons. The first-order chi connectivity index (χ1) is 9.58. The van der Waals surface area contributed by atoms with E-state index in [1.807, 2.05) is 24.6 Å². The monoisotopic (exact) mass is 291 g/mol. The zero-order valence-corrected chi connectivity index (χ0v) is 12.3. The van der Waals surface area contributed by atoms with Gasteiger partial charge in [-0.1, -0.05) is 12.1 Å². The molecule has 1 N–H and O–H groups in total. The van der Waals surface area contributed by atoms with Crippen LogP contribution < -0.4 is 5.32 Å². The molecular formula is C14H17N3O2S. The SMILES string of the molecule is Cc1ncsc1C(C)NCCc1ccc([N+](=O)[O-])cc1. The Kier molecular flexibility index (Phi) is 4.81. The molecule has 0 saturated carbocycles. The van der Waals surface area contributed by atoms with E-state index in [9.17, 15) is 10.1 Å². The van der Waals surface area contributed by atoms with Crippen LogP contribution in [-0.4, -0.2) is 16.5 Å². The van der Waals surface area contributed by atoms with Crippen LogP contribution in [-0.2, 0) is 6.42 Å². The van der Waals surface area contributed by atoms with Crippen molar-refractivity contribution in [1.29, 1.82) is 0 Å². The zero-order chi connectivity index (χ0) is 14.5. The number of rotatable bonds is 6. The third-order valence-corrected chi connectivity index (χ3v) is 4.30. The molecule has 2 aromatic rings. The first kappa shape index (κ1) is 14.6. The van der Waals surface area contributed by atoms with Gasteiger partial charge in [-0.05, 0) is 32.4 Å². The van der Waals surface area contributed by atoms with Gasteiger partial charge in [0.25, 0.3) is 5.69 Å². The van der Waals surface area contributed by atoms with Crippen molar-refractivity contribution in [3.8, 4) is 0 Å². The summed E-state index contributed by atoms with van der Waals surface area (Å²) in [4.78, 5) is 15.7. The van der Waals surface area contributed by atoms with Crippen LogP contribution in [0.1, 0.15) is 29.1 Å². The number of non-ortho nitro benzene ring substituents is 1. The predicted octanol–water partition coefficient (Wildman–Crippen LogP) is 3.25. The summed E-state index contributed by atoms with van der Waals surface area (Å²) in [5.41, 5.74) is 4.16. The summed E-state index contributed by atoms with van der Waals surface area (Å²) in [7, 11) is 0. The minimum absolute atomic E-state index is 0.135. The molecule has 0 amide bonds. The van der Waals surface area contributed by atoms with Gasteiger partial charge in [0.05, 0.1) is 16.1 Å². The fourth-order valence-corrected chi connectivity index (χ4v) is 2.87. The highest BCUT2D eigenvalue weighted by Crippen LogP contribution is 2.21. The number of aryl methyl sites for hydroxylation is 1. The molecule has 0 saturated heterocycles. The third-order valence-electron chi connectivity index (χ3n) is 3.19. The average molecular weight is 291 g/mol. The molecule has 0 spiro atoms. The van der Waals surface area contributed by atoms with Crippen LogP contribution in [0.4, 0.5) is 5.69 Å². The number of aromatic nitrogens is 1. The first-order valence-corrected chi connectivity index (χ1v) is 7.32. The lowest BCUT2D eigenvalue weighted by Gasteiger charge is -2.12. The Balaban J connectivity index is 1.84. The zero-order valence-electron chi connectivity index (χ0n) is 11.5. The summed E-state index contributed by atoms with van der Waals surface area (Å²) < 4.78 is 0. The van der Waals surface area contributed by atoms with Crippen LogP contribution in [0.5, 0.6) is 0 Å². The first-order valence-electron chi connectivity index (χ1n) is 6.44. The summed E-state index contributed by atoms with van der Waals surface area (Å²) in [6, 6.07) is 6.99. The van der Waals surface area contributed by atoms with Crippen LogP contribution in [0.3, 0.4) is 0 Å². The van der Waals surface area contributed by atoms with Gasteiger partial charge >= 0.3 is 0 Å². The standard InChI is InChI=1S/C14H17N3O2S/c1-10(14-11(2)16-9-20-14)15-8-7-12-3-5-13(6-4-12)17(18)19/h3-6,9-10,15H,7-8H2,1-2H3. The molecule has 0 bridgehead atoms. The van der Waals surface area contributed by atoms with Crippen molar-refractivity contribution in [1.82, 2.24) is 10.3 Å². The smallest absolute Gasteiger partial charge is 0.269 e. The van der Waals surface area contributed by atoms with Gasteiger partial charge in [0.2, 0.25) is 0 Å². The minimum Gasteiger partial charge on any atom is -0.309 e. The Morgan fingerprint density at radius 3 is 2.65 bits per heavy atom. The van der Waals surface area contributed by atoms with E-state index in [0.29, 0.717) is 0 Å². The van der Waals surface area contributed by atoms with Gasteiger partial charge in [-0.15, -0.1) is 11.3 Å². The number of nitrogens with one attached hydrogen (secondary N) is 1. The lowest BCUT2D eigenvalue weighted by molar-refractivity contribution is -0.384. The predicted molar refractivity (Wildman–Crippen MR) is 80.1 cm³/mol. The molecule has 106 valence electrons. The highest BCUT2D eigenvalue weighted by Gasteiger charge is 2.10.